The summed E-state index contributed by atoms with van der Waals surface area (Å²) < 4.78 is 1.86. The van der Waals surface area contributed by atoms with E-state index in [0.29, 0.717) is 19.3 Å². The quantitative estimate of drug-likeness (QED) is 0.806. The van der Waals surface area contributed by atoms with Gasteiger partial charge in [-0.15, -0.1) is 0 Å². The number of nitrogens with zero attached hydrogens (tertiary/aromatic N) is 2. The second-order valence-corrected chi connectivity index (χ2v) is 7.90. The Morgan fingerprint density at radius 3 is 2.54 bits per heavy atom. The van der Waals surface area contributed by atoms with Gasteiger partial charge in [-0.1, -0.05) is 39.0 Å². The molecule has 4 rings (SSSR count). The lowest BCUT2D eigenvalue weighted by Crippen LogP contribution is -2.54. The van der Waals surface area contributed by atoms with Crippen LogP contribution in [-0.4, -0.2) is 21.3 Å². The van der Waals surface area contributed by atoms with Gasteiger partial charge in [-0.25, -0.2) is 4.68 Å². The maximum Gasteiger partial charge on any atom is 0.172 e. The summed E-state index contributed by atoms with van der Waals surface area (Å²) in [4.78, 5) is 25.7. The van der Waals surface area contributed by atoms with E-state index in [1.807, 2.05) is 55.8 Å². The van der Waals surface area contributed by atoms with Gasteiger partial charge in [0, 0.05) is 17.3 Å². The van der Waals surface area contributed by atoms with Gasteiger partial charge in [0.05, 0.1) is 23.1 Å². The third-order valence-corrected chi connectivity index (χ3v) is 6.26. The first-order valence-corrected chi connectivity index (χ1v) is 8.56. The Labute approximate surface area is 141 Å². The van der Waals surface area contributed by atoms with Gasteiger partial charge in [0.15, 0.2) is 5.78 Å². The molecule has 124 valence electrons. The standard InChI is InChI=1S/C20H22N2O2/c1-19(2)16-11-15-14(18(24)20(16,3)10-9-17(19)23)12-21-22(15)13-7-5-4-6-8-13/h4-8,12,16H,9-11H2,1-3H3/t16-,20-/m0/s1. The summed E-state index contributed by atoms with van der Waals surface area (Å²) >= 11 is 0. The van der Waals surface area contributed by atoms with Crippen LogP contribution in [0.25, 0.3) is 5.69 Å². The highest BCUT2D eigenvalue weighted by atomic mass is 16.1. The predicted octanol–water partition coefficient (Wildman–Crippen LogP) is 3.62. The first-order chi connectivity index (χ1) is 11.4. The Bertz CT molecular complexity index is 835. The molecule has 24 heavy (non-hydrogen) atoms. The summed E-state index contributed by atoms with van der Waals surface area (Å²) in [6.45, 7) is 6.04. The minimum atomic E-state index is -0.480. The maximum atomic E-state index is 13.2. The summed E-state index contributed by atoms with van der Waals surface area (Å²) in [6, 6.07) is 9.87. The zero-order chi connectivity index (χ0) is 17.1. The molecule has 4 heteroatoms. The molecule has 1 aromatic heterocycles. The number of benzene rings is 1. The van der Waals surface area contributed by atoms with Crippen LogP contribution in [0.15, 0.2) is 36.5 Å². The number of aromatic nitrogens is 2. The molecule has 0 unspecified atom stereocenters. The molecule has 0 bridgehead atoms. The number of carbonyl (C=O) groups is 2. The molecule has 2 aromatic rings. The highest BCUT2D eigenvalue weighted by Gasteiger charge is 2.57. The van der Waals surface area contributed by atoms with Crippen molar-refractivity contribution in [1.82, 2.24) is 9.78 Å². The van der Waals surface area contributed by atoms with Gasteiger partial charge in [0.2, 0.25) is 0 Å². The number of hydrogen-bond acceptors (Lipinski definition) is 3. The van der Waals surface area contributed by atoms with Crippen LogP contribution in [0.5, 0.6) is 0 Å². The zero-order valence-electron chi connectivity index (χ0n) is 14.4. The Hall–Kier alpha value is -2.23. The molecule has 1 aromatic carbocycles. The van der Waals surface area contributed by atoms with Crippen molar-refractivity contribution in [1.29, 1.82) is 0 Å². The third-order valence-electron chi connectivity index (χ3n) is 6.26. The molecular weight excluding hydrogens is 300 g/mol. The predicted molar refractivity (Wildman–Crippen MR) is 91.2 cm³/mol. The number of fused-ring (bicyclic) bond motifs is 2. The van der Waals surface area contributed by atoms with Crippen molar-refractivity contribution in [3.8, 4) is 5.69 Å². The van der Waals surface area contributed by atoms with Crippen LogP contribution >= 0.6 is 0 Å². The largest absolute Gasteiger partial charge is 0.299 e. The Morgan fingerprint density at radius 1 is 1.12 bits per heavy atom. The van der Waals surface area contributed by atoms with E-state index in [1.165, 1.54) is 0 Å². The fourth-order valence-corrected chi connectivity index (χ4v) is 4.67. The Morgan fingerprint density at radius 2 is 1.83 bits per heavy atom. The van der Waals surface area contributed by atoms with E-state index in [0.717, 1.165) is 16.9 Å². The van der Waals surface area contributed by atoms with Crippen LogP contribution < -0.4 is 0 Å². The molecule has 4 nitrogen and oxygen atoms in total. The fourth-order valence-electron chi connectivity index (χ4n) is 4.67. The molecular formula is C20H22N2O2. The Kier molecular flexibility index (Phi) is 3.11. The van der Waals surface area contributed by atoms with Crippen molar-refractivity contribution in [2.24, 2.45) is 16.7 Å². The Balaban J connectivity index is 1.87. The number of para-hydroxylation sites is 1. The van der Waals surface area contributed by atoms with Crippen LogP contribution in [0.4, 0.5) is 0 Å². The van der Waals surface area contributed by atoms with Gasteiger partial charge in [-0.3, -0.25) is 9.59 Å². The van der Waals surface area contributed by atoms with Crippen molar-refractivity contribution in [3.63, 3.8) is 0 Å². The van der Waals surface area contributed by atoms with Crippen LogP contribution in [-0.2, 0) is 11.2 Å². The topological polar surface area (TPSA) is 52.0 Å². The molecule has 0 saturated heterocycles. The lowest BCUT2D eigenvalue weighted by Gasteiger charge is -2.50. The van der Waals surface area contributed by atoms with Crippen molar-refractivity contribution in [2.75, 3.05) is 0 Å². The highest BCUT2D eigenvalue weighted by molar-refractivity contribution is 6.04. The van der Waals surface area contributed by atoms with Crippen LogP contribution in [0.2, 0.25) is 0 Å². The summed E-state index contributed by atoms with van der Waals surface area (Å²) in [6.07, 6.45) is 3.56. The van der Waals surface area contributed by atoms with E-state index in [2.05, 4.69) is 5.10 Å². The normalized spacial score (nSPS) is 28.4. The summed E-state index contributed by atoms with van der Waals surface area (Å²) in [5, 5.41) is 4.49. The van der Waals surface area contributed by atoms with E-state index < -0.39 is 10.8 Å². The molecule has 0 amide bonds. The van der Waals surface area contributed by atoms with Gasteiger partial charge in [-0.05, 0) is 30.9 Å². The van der Waals surface area contributed by atoms with E-state index in [4.69, 9.17) is 0 Å². The van der Waals surface area contributed by atoms with Crippen molar-refractivity contribution >= 4 is 11.6 Å². The molecule has 0 aliphatic heterocycles. The van der Waals surface area contributed by atoms with E-state index in [9.17, 15) is 9.59 Å². The number of rotatable bonds is 1. The third kappa shape index (κ3) is 1.89. The molecule has 1 saturated carbocycles. The minimum absolute atomic E-state index is 0.0189. The average molecular weight is 322 g/mol. The van der Waals surface area contributed by atoms with Crippen LogP contribution in [0.3, 0.4) is 0 Å². The number of hydrogen-bond donors (Lipinski definition) is 0. The van der Waals surface area contributed by atoms with E-state index >= 15 is 0 Å². The smallest absolute Gasteiger partial charge is 0.172 e. The fraction of sp³-hybridized carbons (Fsp3) is 0.450. The van der Waals surface area contributed by atoms with Gasteiger partial charge < -0.3 is 0 Å². The molecule has 2 aliphatic carbocycles. The monoisotopic (exact) mass is 322 g/mol. The van der Waals surface area contributed by atoms with Crippen LogP contribution in [0.1, 0.15) is 49.7 Å². The number of Topliss-reactive ketones (excluding diaryl/α,β-unsaturated/α-hetero) is 2. The van der Waals surface area contributed by atoms with Gasteiger partial charge in [-0.2, -0.15) is 5.10 Å². The summed E-state index contributed by atoms with van der Waals surface area (Å²) in [5.41, 5.74) is 1.68. The minimum Gasteiger partial charge on any atom is -0.299 e. The first kappa shape index (κ1) is 15.3. The number of ketones is 2. The second kappa shape index (κ2) is 4.88. The SMILES string of the molecule is CC1(C)C(=O)CC[C@]2(C)C(=O)c3cnn(-c4ccccc4)c3C[C@@H]12. The molecule has 2 aliphatic rings. The summed E-state index contributed by atoms with van der Waals surface area (Å²) in [7, 11) is 0. The molecule has 0 radical (unpaired) electrons. The summed E-state index contributed by atoms with van der Waals surface area (Å²) in [5.74, 6) is 0.439. The molecule has 1 heterocycles. The zero-order valence-corrected chi connectivity index (χ0v) is 14.4. The molecule has 0 N–H and O–H groups in total. The van der Waals surface area contributed by atoms with Gasteiger partial charge in [0.1, 0.15) is 5.78 Å². The lowest BCUT2D eigenvalue weighted by molar-refractivity contribution is -0.137. The maximum absolute atomic E-state index is 13.2. The van der Waals surface area contributed by atoms with Crippen LogP contribution in [0, 0.1) is 16.7 Å². The molecule has 2 atom stereocenters. The second-order valence-electron chi connectivity index (χ2n) is 7.90. The first-order valence-electron chi connectivity index (χ1n) is 8.56. The average Bonchev–Trinajstić information content (AvgIpc) is 2.99. The van der Waals surface area contributed by atoms with Gasteiger partial charge >= 0.3 is 0 Å². The van der Waals surface area contributed by atoms with Crippen molar-refractivity contribution in [2.45, 2.75) is 40.0 Å². The number of carbonyl (C=O) groups excluding carboxylic acids is 2. The molecule has 0 spiro atoms. The molecule has 1 fully saturated rings. The highest BCUT2D eigenvalue weighted by Crippen LogP contribution is 2.54. The van der Waals surface area contributed by atoms with Crippen molar-refractivity contribution in [3.05, 3.63) is 47.8 Å². The lowest BCUT2D eigenvalue weighted by atomic mass is 9.51. The van der Waals surface area contributed by atoms with Gasteiger partial charge in [0.25, 0.3) is 0 Å². The van der Waals surface area contributed by atoms with E-state index in [1.54, 1.807) is 6.20 Å². The van der Waals surface area contributed by atoms with E-state index in [-0.39, 0.29) is 17.5 Å². The van der Waals surface area contributed by atoms with Crippen molar-refractivity contribution < 1.29 is 9.59 Å².